The summed E-state index contributed by atoms with van der Waals surface area (Å²) in [5.74, 6) is 0.619. The number of ether oxygens (including phenoxy) is 1. The van der Waals surface area contributed by atoms with Crippen molar-refractivity contribution in [2.45, 2.75) is 13.2 Å². The van der Waals surface area contributed by atoms with E-state index in [1.165, 1.54) is 12.1 Å². The third-order valence-electron chi connectivity index (χ3n) is 2.69. The predicted octanol–water partition coefficient (Wildman–Crippen LogP) is 3.43. The van der Waals surface area contributed by atoms with Crippen LogP contribution in [0.4, 0.5) is 5.69 Å². The molecule has 0 aliphatic rings. The third kappa shape index (κ3) is 3.55. The molecule has 0 aliphatic carbocycles. The van der Waals surface area contributed by atoms with Gasteiger partial charge in [-0.15, -0.1) is 0 Å². The third-order valence-corrected chi connectivity index (χ3v) is 3.31. The van der Waals surface area contributed by atoms with E-state index in [1.54, 1.807) is 30.3 Å². The first kappa shape index (κ1) is 14.5. The largest absolute Gasteiger partial charge is 0.488 e. The first-order valence-corrected chi connectivity index (χ1v) is 6.65. The number of non-ortho nitro benzene ring substituents is 1. The lowest BCUT2D eigenvalue weighted by molar-refractivity contribution is -0.384. The monoisotopic (exact) mass is 337 g/mol. The van der Waals surface area contributed by atoms with Gasteiger partial charge in [0.15, 0.2) is 0 Å². The second-order valence-corrected chi connectivity index (χ2v) is 4.99. The zero-order chi connectivity index (χ0) is 14.5. The lowest BCUT2D eigenvalue weighted by Gasteiger charge is -2.09. The van der Waals surface area contributed by atoms with Gasteiger partial charge in [0.25, 0.3) is 5.69 Å². The van der Waals surface area contributed by atoms with E-state index < -0.39 is 4.92 Å². The second-order valence-electron chi connectivity index (χ2n) is 4.14. The Morgan fingerprint density at radius 2 is 2.00 bits per heavy atom. The minimum atomic E-state index is -0.435. The summed E-state index contributed by atoms with van der Waals surface area (Å²) in [6.45, 7) is 0.197. The number of benzene rings is 2. The Morgan fingerprint density at radius 3 is 2.65 bits per heavy atom. The summed E-state index contributed by atoms with van der Waals surface area (Å²) in [6.07, 6.45) is 0. The maximum atomic E-state index is 10.7. The zero-order valence-corrected chi connectivity index (χ0v) is 12.0. The van der Waals surface area contributed by atoms with Crippen LogP contribution in [0.15, 0.2) is 46.9 Å². The topological polar surface area (TPSA) is 72.6 Å². The lowest BCUT2D eigenvalue weighted by atomic mass is 10.2. The molecule has 104 valence electrons. The van der Waals surface area contributed by atoms with Crippen LogP contribution in [0.25, 0.3) is 0 Å². The highest BCUT2D eigenvalue weighted by atomic mass is 79.9. The van der Waals surface area contributed by atoms with E-state index in [0.29, 0.717) is 5.75 Å². The zero-order valence-electron chi connectivity index (χ0n) is 10.5. The van der Waals surface area contributed by atoms with E-state index in [4.69, 9.17) is 9.84 Å². The Labute approximate surface area is 124 Å². The number of nitrogens with zero attached hydrogens (tertiary/aromatic N) is 1. The molecule has 6 heteroatoms. The van der Waals surface area contributed by atoms with Gasteiger partial charge in [0.2, 0.25) is 0 Å². The number of halogens is 1. The Kier molecular flexibility index (Phi) is 4.70. The maximum absolute atomic E-state index is 10.7. The first-order valence-electron chi connectivity index (χ1n) is 5.85. The fourth-order valence-electron chi connectivity index (χ4n) is 1.68. The van der Waals surface area contributed by atoms with Gasteiger partial charge in [0, 0.05) is 12.1 Å². The Hall–Kier alpha value is -1.92. The molecule has 0 aromatic heterocycles. The van der Waals surface area contributed by atoms with E-state index >= 15 is 0 Å². The van der Waals surface area contributed by atoms with Crippen molar-refractivity contribution < 1.29 is 14.8 Å². The van der Waals surface area contributed by atoms with Crippen molar-refractivity contribution in [3.8, 4) is 5.75 Å². The average molecular weight is 338 g/mol. The number of hydrogen-bond acceptors (Lipinski definition) is 4. The summed E-state index contributed by atoms with van der Waals surface area (Å²) in [7, 11) is 0. The van der Waals surface area contributed by atoms with Gasteiger partial charge in [0.05, 0.1) is 16.0 Å². The van der Waals surface area contributed by atoms with E-state index in [1.807, 2.05) is 0 Å². The highest BCUT2D eigenvalue weighted by Gasteiger charge is 2.07. The molecule has 0 aliphatic heterocycles. The molecule has 0 fully saturated rings. The molecule has 1 N–H and O–H groups in total. The number of hydrogen-bond donors (Lipinski definition) is 1. The molecular weight excluding hydrogens is 326 g/mol. The molecular formula is C14H12BrNO4. The van der Waals surface area contributed by atoms with Crippen LogP contribution >= 0.6 is 15.9 Å². The molecule has 0 unspecified atom stereocenters. The summed E-state index contributed by atoms with van der Waals surface area (Å²) in [5.41, 5.74) is 1.54. The molecule has 20 heavy (non-hydrogen) atoms. The minimum absolute atomic E-state index is 0.0379. The van der Waals surface area contributed by atoms with Crippen molar-refractivity contribution >= 4 is 21.6 Å². The Balaban J connectivity index is 2.09. The molecule has 0 saturated heterocycles. The fraction of sp³-hybridized carbons (Fsp3) is 0.143. The van der Waals surface area contributed by atoms with Crippen LogP contribution in [-0.2, 0) is 13.2 Å². The van der Waals surface area contributed by atoms with Crippen molar-refractivity contribution in [1.82, 2.24) is 0 Å². The normalized spacial score (nSPS) is 10.3. The predicted molar refractivity (Wildman–Crippen MR) is 77.5 cm³/mol. The SMILES string of the molecule is O=[N+]([O-])c1cccc(COc2ccc(CO)cc2Br)c1. The van der Waals surface area contributed by atoms with Crippen LogP contribution in [0.1, 0.15) is 11.1 Å². The van der Waals surface area contributed by atoms with Gasteiger partial charge in [0.1, 0.15) is 12.4 Å². The summed E-state index contributed by atoms with van der Waals surface area (Å²) in [4.78, 5) is 10.3. The molecule has 2 aromatic rings. The van der Waals surface area contributed by atoms with Crippen LogP contribution in [0.5, 0.6) is 5.75 Å². The van der Waals surface area contributed by atoms with Gasteiger partial charge < -0.3 is 9.84 Å². The molecule has 5 nitrogen and oxygen atoms in total. The van der Waals surface area contributed by atoms with E-state index in [0.717, 1.165) is 15.6 Å². The van der Waals surface area contributed by atoms with Crippen molar-refractivity contribution in [2.24, 2.45) is 0 Å². The van der Waals surface area contributed by atoms with Gasteiger partial charge in [-0.3, -0.25) is 10.1 Å². The molecule has 0 heterocycles. The molecule has 0 saturated carbocycles. The lowest BCUT2D eigenvalue weighted by Crippen LogP contribution is -1.98. The van der Waals surface area contributed by atoms with Gasteiger partial charge in [-0.1, -0.05) is 18.2 Å². The molecule has 0 spiro atoms. The van der Waals surface area contributed by atoms with E-state index in [9.17, 15) is 10.1 Å². The number of nitro benzene ring substituents is 1. The highest BCUT2D eigenvalue weighted by Crippen LogP contribution is 2.27. The summed E-state index contributed by atoms with van der Waals surface area (Å²) < 4.78 is 6.34. The molecule has 2 rings (SSSR count). The molecule has 0 amide bonds. The van der Waals surface area contributed by atoms with Crippen LogP contribution < -0.4 is 4.74 Å². The summed E-state index contributed by atoms with van der Waals surface area (Å²) in [5, 5.41) is 19.7. The van der Waals surface area contributed by atoms with Crippen molar-refractivity contribution in [2.75, 3.05) is 0 Å². The average Bonchev–Trinajstić information content (AvgIpc) is 2.46. The quantitative estimate of drug-likeness (QED) is 0.670. The molecule has 0 atom stereocenters. The van der Waals surface area contributed by atoms with Crippen molar-refractivity contribution in [3.05, 3.63) is 68.2 Å². The summed E-state index contributed by atoms with van der Waals surface area (Å²) >= 11 is 3.35. The van der Waals surface area contributed by atoms with Crippen molar-refractivity contribution in [1.29, 1.82) is 0 Å². The van der Waals surface area contributed by atoms with Crippen LogP contribution in [0, 0.1) is 10.1 Å². The van der Waals surface area contributed by atoms with E-state index in [2.05, 4.69) is 15.9 Å². The van der Waals surface area contributed by atoms with Gasteiger partial charge in [-0.25, -0.2) is 0 Å². The van der Waals surface area contributed by atoms with Crippen LogP contribution in [0.3, 0.4) is 0 Å². The van der Waals surface area contributed by atoms with Gasteiger partial charge in [-0.2, -0.15) is 0 Å². The molecule has 2 aromatic carbocycles. The Morgan fingerprint density at radius 1 is 1.20 bits per heavy atom. The van der Waals surface area contributed by atoms with Gasteiger partial charge >= 0.3 is 0 Å². The Bertz CT molecular complexity index is 630. The maximum Gasteiger partial charge on any atom is 0.269 e. The van der Waals surface area contributed by atoms with E-state index in [-0.39, 0.29) is 18.9 Å². The van der Waals surface area contributed by atoms with Gasteiger partial charge in [-0.05, 0) is 39.2 Å². The fourth-order valence-corrected chi connectivity index (χ4v) is 2.22. The molecule has 0 bridgehead atoms. The number of aliphatic hydroxyl groups is 1. The number of nitro groups is 1. The molecule has 0 radical (unpaired) electrons. The van der Waals surface area contributed by atoms with Crippen LogP contribution in [-0.4, -0.2) is 10.0 Å². The number of rotatable bonds is 5. The number of aliphatic hydroxyl groups excluding tert-OH is 1. The smallest absolute Gasteiger partial charge is 0.269 e. The van der Waals surface area contributed by atoms with Crippen molar-refractivity contribution in [3.63, 3.8) is 0 Å². The standard InChI is InChI=1S/C14H12BrNO4/c15-13-7-10(8-17)4-5-14(13)20-9-11-2-1-3-12(6-11)16(18)19/h1-7,17H,8-9H2. The van der Waals surface area contributed by atoms with Crippen LogP contribution in [0.2, 0.25) is 0 Å². The minimum Gasteiger partial charge on any atom is -0.488 e. The summed E-state index contributed by atoms with van der Waals surface area (Å²) in [6, 6.07) is 11.6. The second kappa shape index (κ2) is 6.49. The first-order chi connectivity index (χ1) is 9.60. The highest BCUT2D eigenvalue weighted by molar-refractivity contribution is 9.10.